The lowest BCUT2D eigenvalue weighted by Gasteiger charge is -2.18. The minimum absolute atomic E-state index is 0. The molecule has 3 N–H and O–H groups in total. The van der Waals surface area contributed by atoms with E-state index in [4.69, 9.17) is 4.42 Å². The van der Waals surface area contributed by atoms with Crippen molar-refractivity contribution in [3.05, 3.63) is 59.5 Å². The fourth-order valence-corrected chi connectivity index (χ4v) is 3.13. The van der Waals surface area contributed by atoms with Gasteiger partial charge in [0.25, 0.3) is 0 Å². The van der Waals surface area contributed by atoms with Crippen LogP contribution >= 0.6 is 24.0 Å². The van der Waals surface area contributed by atoms with Crippen molar-refractivity contribution in [3.8, 4) is 0 Å². The van der Waals surface area contributed by atoms with Crippen molar-refractivity contribution >= 4 is 29.9 Å². The van der Waals surface area contributed by atoms with E-state index in [1.54, 1.807) is 12.3 Å². The third kappa shape index (κ3) is 10.4. The first-order valence-electron chi connectivity index (χ1n) is 10.2. The standard InChI is InChI=1S/C22H30F3N3O2.HI/c1-2-5-17(10-12-29)15-27-21(26-11-9-20-8-4-13-30-20)28-16-18-6-3-7-19(14-18)22(23,24)25;/h3-4,6-8,13-14,17,29H,2,5,9-12,15-16H2,1H3,(H2,26,27,28);1H. The van der Waals surface area contributed by atoms with E-state index in [0.717, 1.165) is 30.7 Å². The molecule has 0 saturated carbocycles. The maximum Gasteiger partial charge on any atom is 0.416 e. The molecule has 174 valence electrons. The molecule has 0 amide bonds. The summed E-state index contributed by atoms with van der Waals surface area (Å²) in [7, 11) is 0. The van der Waals surface area contributed by atoms with E-state index < -0.39 is 11.7 Å². The summed E-state index contributed by atoms with van der Waals surface area (Å²) in [6.07, 6.45) is 0.566. The molecule has 1 heterocycles. The van der Waals surface area contributed by atoms with Crippen LogP contribution in [0.3, 0.4) is 0 Å². The highest BCUT2D eigenvalue weighted by Gasteiger charge is 2.30. The summed E-state index contributed by atoms with van der Waals surface area (Å²) in [4.78, 5) is 4.46. The maximum absolute atomic E-state index is 12.9. The van der Waals surface area contributed by atoms with Crippen LogP contribution in [0.2, 0.25) is 0 Å². The number of alkyl halides is 3. The molecule has 0 spiro atoms. The predicted molar refractivity (Wildman–Crippen MR) is 127 cm³/mol. The van der Waals surface area contributed by atoms with Crippen LogP contribution in [0, 0.1) is 5.92 Å². The van der Waals surface area contributed by atoms with Crippen molar-refractivity contribution in [2.75, 3.05) is 19.7 Å². The molecule has 2 rings (SSSR count). The summed E-state index contributed by atoms with van der Waals surface area (Å²) in [5.74, 6) is 1.66. The van der Waals surface area contributed by atoms with Gasteiger partial charge >= 0.3 is 6.18 Å². The maximum atomic E-state index is 12.9. The summed E-state index contributed by atoms with van der Waals surface area (Å²) in [5.41, 5.74) is -0.195. The van der Waals surface area contributed by atoms with Crippen LogP contribution in [-0.2, 0) is 19.1 Å². The molecule has 0 saturated heterocycles. The van der Waals surface area contributed by atoms with Crippen LogP contribution < -0.4 is 10.6 Å². The number of halogens is 4. The molecule has 2 aromatic rings. The predicted octanol–water partition coefficient (Wildman–Crippen LogP) is 4.99. The molecule has 0 fully saturated rings. The first kappa shape index (κ1) is 27.3. The number of nitrogens with zero attached hydrogens (tertiary/aromatic N) is 1. The zero-order valence-electron chi connectivity index (χ0n) is 17.6. The van der Waals surface area contributed by atoms with Crippen molar-refractivity contribution in [2.24, 2.45) is 10.9 Å². The van der Waals surface area contributed by atoms with Gasteiger partial charge in [0.1, 0.15) is 5.76 Å². The quantitative estimate of drug-likeness (QED) is 0.208. The molecule has 0 bridgehead atoms. The average Bonchev–Trinajstić information content (AvgIpc) is 3.23. The highest BCUT2D eigenvalue weighted by atomic mass is 127. The van der Waals surface area contributed by atoms with Crippen LogP contribution in [0.5, 0.6) is 0 Å². The summed E-state index contributed by atoms with van der Waals surface area (Å²) < 4.78 is 44.1. The van der Waals surface area contributed by atoms with Crippen LogP contribution in [-0.4, -0.2) is 30.8 Å². The molecule has 31 heavy (non-hydrogen) atoms. The Balaban J connectivity index is 0.00000480. The van der Waals surface area contributed by atoms with E-state index in [2.05, 4.69) is 22.5 Å². The smallest absolute Gasteiger partial charge is 0.416 e. The topological polar surface area (TPSA) is 69.8 Å². The first-order chi connectivity index (χ1) is 14.4. The molecule has 9 heteroatoms. The molecule has 0 aliphatic rings. The molecule has 0 aliphatic heterocycles. The van der Waals surface area contributed by atoms with Gasteiger partial charge in [0.05, 0.1) is 18.4 Å². The van der Waals surface area contributed by atoms with Crippen LogP contribution in [0.1, 0.15) is 43.1 Å². The molecule has 1 atom stereocenters. The molecule has 0 aliphatic carbocycles. The van der Waals surface area contributed by atoms with Crippen molar-refractivity contribution in [2.45, 2.75) is 45.3 Å². The SMILES string of the molecule is CCCC(CCO)CNC(=NCc1cccc(C(F)(F)F)c1)NCCc1ccco1.I. The Morgan fingerprint density at radius 3 is 2.61 bits per heavy atom. The minimum atomic E-state index is -4.38. The van der Waals surface area contributed by atoms with Gasteiger partial charge in [-0.1, -0.05) is 25.5 Å². The largest absolute Gasteiger partial charge is 0.469 e. The lowest BCUT2D eigenvalue weighted by Crippen LogP contribution is -2.41. The summed E-state index contributed by atoms with van der Waals surface area (Å²) >= 11 is 0. The van der Waals surface area contributed by atoms with E-state index in [-0.39, 0.29) is 37.1 Å². The van der Waals surface area contributed by atoms with Crippen molar-refractivity contribution in [1.29, 1.82) is 0 Å². The Morgan fingerprint density at radius 1 is 1.16 bits per heavy atom. The zero-order valence-corrected chi connectivity index (χ0v) is 20.0. The molecular formula is C22H31F3IN3O2. The van der Waals surface area contributed by atoms with Gasteiger partial charge in [-0.2, -0.15) is 13.2 Å². The van der Waals surface area contributed by atoms with E-state index in [1.165, 1.54) is 6.07 Å². The number of rotatable bonds is 11. The molecule has 1 unspecified atom stereocenters. The minimum Gasteiger partial charge on any atom is -0.469 e. The number of aliphatic imine (C=N–C) groups is 1. The van der Waals surface area contributed by atoms with E-state index in [1.807, 2.05) is 12.1 Å². The Morgan fingerprint density at radius 2 is 1.97 bits per heavy atom. The second-order valence-electron chi connectivity index (χ2n) is 7.17. The summed E-state index contributed by atoms with van der Waals surface area (Å²) in [5, 5.41) is 15.7. The number of hydrogen-bond donors (Lipinski definition) is 3. The van der Waals surface area contributed by atoms with Crippen molar-refractivity contribution in [3.63, 3.8) is 0 Å². The lowest BCUT2D eigenvalue weighted by atomic mass is 10.0. The average molecular weight is 553 g/mol. The van der Waals surface area contributed by atoms with Gasteiger partial charge in [-0.3, -0.25) is 0 Å². The van der Waals surface area contributed by atoms with Crippen molar-refractivity contribution < 1.29 is 22.7 Å². The Labute approximate surface area is 198 Å². The number of aliphatic hydroxyl groups excluding tert-OH is 1. The number of nitrogens with one attached hydrogen (secondary N) is 2. The monoisotopic (exact) mass is 553 g/mol. The van der Waals surface area contributed by atoms with Gasteiger partial charge < -0.3 is 20.2 Å². The lowest BCUT2D eigenvalue weighted by molar-refractivity contribution is -0.137. The van der Waals surface area contributed by atoms with Crippen LogP contribution in [0.15, 0.2) is 52.1 Å². The van der Waals surface area contributed by atoms with Crippen LogP contribution in [0.25, 0.3) is 0 Å². The fraction of sp³-hybridized carbons (Fsp3) is 0.500. The van der Waals surface area contributed by atoms with E-state index in [0.29, 0.717) is 43.4 Å². The Hall–Kier alpha value is -1.75. The highest BCUT2D eigenvalue weighted by Crippen LogP contribution is 2.29. The van der Waals surface area contributed by atoms with Gasteiger partial charge in [0.2, 0.25) is 0 Å². The van der Waals surface area contributed by atoms with Gasteiger partial charge in [-0.15, -0.1) is 24.0 Å². The van der Waals surface area contributed by atoms with Gasteiger partial charge in [0.15, 0.2) is 5.96 Å². The van der Waals surface area contributed by atoms with Gasteiger partial charge in [-0.25, -0.2) is 4.99 Å². The number of guanidine groups is 1. The number of hydrogen-bond acceptors (Lipinski definition) is 3. The summed E-state index contributed by atoms with van der Waals surface area (Å²) in [6, 6.07) is 8.90. The first-order valence-corrected chi connectivity index (χ1v) is 10.2. The Kier molecular flexibility index (Phi) is 12.6. The third-order valence-corrected chi connectivity index (χ3v) is 4.71. The normalized spacial score (nSPS) is 12.9. The molecule has 0 radical (unpaired) electrons. The number of furan rings is 1. The Bertz CT molecular complexity index is 762. The zero-order chi connectivity index (χ0) is 21.8. The molecule has 1 aromatic carbocycles. The molecular weight excluding hydrogens is 522 g/mol. The molecule has 5 nitrogen and oxygen atoms in total. The van der Waals surface area contributed by atoms with Crippen LogP contribution in [0.4, 0.5) is 13.2 Å². The van der Waals surface area contributed by atoms with Crippen molar-refractivity contribution in [1.82, 2.24) is 10.6 Å². The second-order valence-corrected chi connectivity index (χ2v) is 7.17. The van der Waals surface area contributed by atoms with E-state index >= 15 is 0 Å². The van der Waals surface area contributed by atoms with Gasteiger partial charge in [0, 0.05) is 26.1 Å². The van der Waals surface area contributed by atoms with Gasteiger partial charge in [-0.05, 0) is 48.6 Å². The fourth-order valence-electron chi connectivity index (χ4n) is 3.13. The number of aliphatic hydroxyl groups is 1. The highest BCUT2D eigenvalue weighted by molar-refractivity contribution is 14.0. The second kappa shape index (κ2) is 14.3. The molecule has 1 aromatic heterocycles. The summed E-state index contributed by atoms with van der Waals surface area (Å²) in [6.45, 7) is 3.53. The third-order valence-electron chi connectivity index (χ3n) is 4.71. The number of benzene rings is 1. The van der Waals surface area contributed by atoms with E-state index in [9.17, 15) is 18.3 Å².